The summed E-state index contributed by atoms with van der Waals surface area (Å²) in [5.74, 6) is 1.42. The maximum absolute atomic E-state index is 5.99. The first-order valence-electron chi connectivity index (χ1n) is 5.54. The van der Waals surface area contributed by atoms with Gasteiger partial charge in [0, 0.05) is 6.04 Å². The molecule has 3 atom stereocenters. The minimum absolute atomic E-state index is 0.436. The van der Waals surface area contributed by atoms with E-state index in [-0.39, 0.29) is 0 Å². The highest BCUT2D eigenvalue weighted by Gasteiger charge is 2.37. The first-order valence-corrected chi connectivity index (χ1v) is 5.54. The van der Waals surface area contributed by atoms with Gasteiger partial charge >= 0.3 is 0 Å². The molecule has 0 spiro atoms. The van der Waals surface area contributed by atoms with Gasteiger partial charge in [0.05, 0.1) is 0 Å². The Bertz CT molecular complexity index is 302. The first-order chi connectivity index (χ1) is 6.72. The van der Waals surface area contributed by atoms with Gasteiger partial charge in [-0.2, -0.15) is 0 Å². The highest BCUT2D eigenvalue weighted by Crippen LogP contribution is 2.43. The van der Waals surface area contributed by atoms with Crippen LogP contribution in [0.5, 0.6) is 0 Å². The lowest BCUT2D eigenvalue weighted by atomic mass is 9.65. The molecule has 1 aromatic carbocycles. The van der Waals surface area contributed by atoms with Gasteiger partial charge in [-0.15, -0.1) is 0 Å². The van der Waals surface area contributed by atoms with E-state index in [1.165, 1.54) is 24.0 Å². The monoisotopic (exact) mass is 189 g/mol. The van der Waals surface area contributed by atoms with Crippen LogP contribution in [-0.4, -0.2) is 6.04 Å². The third-order valence-corrected chi connectivity index (χ3v) is 3.57. The van der Waals surface area contributed by atoms with E-state index in [9.17, 15) is 0 Å². The van der Waals surface area contributed by atoms with Gasteiger partial charge in [0.1, 0.15) is 0 Å². The fourth-order valence-electron chi connectivity index (χ4n) is 2.53. The van der Waals surface area contributed by atoms with Gasteiger partial charge in [-0.3, -0.25) is 0 Å². The third-order valence-electron chi connectivity index (χ3n) is 3.57. The molecule has 2 rings (SSSR count). The molecule has 1 aliphatic rings. The van der Waals surface area contributed by atoms with Gasteiger partial charge in [-0.25, -0.2) is 0 Å². The summed E-state index contributed by atoms with van der Waals surface area (Å²) < 4.78 is 0. The Kier molecular flexibility index (Phi) is 2.60. The lowest BCUT2D eigenvalue weighted by Crippen LogP contribution is -2.45. The van der Waals surface area contributed by atoms with E-state index in [0.29, 0.717) is 12.0 Å². The van der Waals surface area contributed by atoms with E-state index in [1.807, 2.05) is 0 Å². The van der Waals surface area contributed by atoms with Gasteiger partial charge in [-0.1, -0.05) is 43.2 Å². The number of rotatable bonds is 2. The predicted molar refractivity (Wildman–Crippen MR) is 60.3 cm³/mol. The van der Waals surface area contributed by atoms with Crippen molar-refractivity contribution in [1.29, 1.82) is 0 Å². The third kappa shape index (κ3) is 1.57. The van der Waals surface area contributed by atoms with Crippen LogP contribution in [0.1, 0.15) is 36.8 Å². The van der Waals surface area contributed by atoms with Gasteiger partial charge in [0.25, 0.3) is 0 Å². The van der Waals surface area contributed by atoms with Crippen LogP contribution in [0.2, 0.25) is 0 Å². The Hall–Kier alpha value is -0.820. The lowest BCUT2D eigenvalue weighted by molar-refractivity contribution is 0.198. The Morgan fingerprint density at radius 2 is 1.93 bits per heavy atom. The summed E-state index contributed by atoms with van der Waals surface area (Å²) in [4.78, 5) is 0. The molecule has 0 radical (unpaired) electrons. The Balaban J connectivity index is 2.13. The molecule has 0 aromatic heterocycles. The van der Waals surface area contributed by atoms with E-state index >= 15 is 0 Å². The lowest BCUT2D eigenvalue weighted by Gasteiger charge is -2.42. The molecule has 2 N–H and O–H groups in total. The fourth-order valence-corrected chi connectivity index (χ4v) is 2.53. The molecular weight excluding hydrogens is 170 g/mol. The van der Waals surface area contributed by atoms with E-state index < -0.39 is 0 Å². The highest BCUT2D eigenvalue weighted by atomic mass is 14.7. The molecule has 0 amide bonds. The van der Waals surface area contributed by atoms with Crippen LogP contribution in [0.4, 0.5) is 0 Å². The van der Waals surface area contributed by atoms with E-state index in [1.54, 1.807) is 0 Å². The molecule has 14 heavy (non-hydrogen) atoms. The summed E-state index contributed by atoms with van der Waals surface area (Å²) in [6, 6.07) is 9.35. The van der Waals surface area contributed by atoms with Crippen molar-refractivity contribution in [2.75, 3.05) is 0 Å². The maximum Gasteiger partial charge on any atom is 0.00788 e. The summed E-state index contributed by atoms with van der Waals surface area (Å²) in [7, 11) is 0. The number of nitrogens with two attached hydrogens (primary N) is 1. The van der Waals surface area contributed by atoms with Crippen LogP contribution in [0.25, 0.3) is 0 Å². The smallest absolute Gasteiger partial charge is 0.00788 e. The SMILES string of the molecule is CCC1C(N)CC1c1ccc(C)cc1. The molecule has 0 aliphatic heterocycles. The standard InChI is InChI=1S/C13H19N/c1-3-11-12(8-13(11)14)10-6-4-9(2)5-7-10/h4-7,11-13H,3,8,14H2,1-2H3. The predicted octanol–water partition coefficient (Wildman–Crippen LogP) is 2.84. The molecule has 3 unspecified atom stereocenters. The molecule has 0 saturated heterocycles. The van der Waals surface area contributed by atoms with Crippen molar-refractivity contribution in [3.8, 4) is 0 Å². The van der Waals surface area contributed by atoms with Gasteiger partial charge in [0.15, 0.2) is 0 Å². The Morgan fingerprint density at radius 3 is 2.43 bits per heavy atom. The Labute approximate surface area is 86.3 Å². The molecule has 0 heterocycles. The molecular formula is C13H19N. The van der Waals surface area contributed by atoms with Gasteiger partial charge < -0.3 is 5.73 Å². The van der Waals surface area contributed by atoms with Crippen molar-refractivity contribution in [1.82, 2.24) is 0 Å². The second-order valence-corrected chi connectivity index (χ2v) is 4.49. The molecule has 0 bridgehead atoms. The van der Waals surface area contributed by atoms with E-state index in [4.69, 9.17) is 5.73 Å². The number of aryl methyl sites for hydroxylation is 1. The van der Waals surface area contributed by atoms with Crippen LogP contribution in [0.15, 0.2) is 24.3 Å². The van der Waals surface area contributed by atoms with Crippen LogP contribution in [0.3, 0.4) is 0 Å². The summed E-state index contributed by atoms with van der Waals surface area (Å²) >= 11 is 0. The molecule has 1 aliphatic carbocycles. The summed E-state index contributed by atoms with van der Waals surface area (Å²) in [6.45, 7) is 4.37. The number of hydrogen-bond donors (Lipinski definition) is 1. The van der Waals surface area contributed by atoms with Crippen molar-refractivity contribution in [3.05, 3.63) is 35.4 Å². The van der Waals surface area contributed by atoms with Crippen molar-refractivity contribution in [3.63, 3.8) is 0 Å². The summed E-state index contributed by atoms with van der Waals surface area (Å²) in [5.41, 5.74) is 8.81. The zero-order chi connectivity index (χ0) is 10.1. The average Bonchev–Trinajstić information content (AvgIpc) is 2.16. The normalized spacial score (nSPS) is 31.2. The molecule has 76 valence electrons. The van der Waals surface area contributed by atoms with Crippen LogP contribution in [0, 0.1) is 12.8 Å². The van der Waals surface area contributed by atoms with Gasteiger partial charge in [-0.05, 0) is 30.7 Å². The van der Waals surface area contributed by atoms with Crippen molar-refractivity contribution < 1.29 is 0 Å². The minimum Gasteiger partial charge on any atom is -0.327 e. The Morgan fingerprint density at radius 1 is 1.29 bits per heavy atom. The number of benzene rings is 1. The van der Waals surface area contributed by atoms with E-state index in [0.717, 1.165) is 5.92 Å². The van der Waals surface area contributed by atoms with Crippen molar-refractivity contribution in [2.45, 2.75) is 38.6 Å². The number of hydrogen-bond acceptors (Lipinski definition) is 1. The summed E-state index contributed by atoms with van der Waals surface area (Å²) in [5, 5.41) is 0. The second kappa shape index (κ2) is 3.74. The largest absolute Gasteiger partial charge is 0.327 e. The summed E-state index contributed by atoms with van der Waals surface area (Å²) in [6.07, 6.45) is 2.38. The van der Waals surface area contributed by atoms with Crippen LogP contribution in [-0.2, 0) is 0 Å². The van der Waals surface area contributed by atoms with Crippen LogP contribution >= 0.6 is 0 Å². The molecule has 1 nitrogen and oxygen atoms in total. The first kappa shape index (κ1) is 9.72. The average molecular weight is 189 g/mol. The maximum atomic E-state index is 5.99. The molecule has 1 heteroatoms. The van der Waals surface area contributed by atoms with Crippen LogP contribution < -0.4 is 5.73 Å². The molecule has 1 aromatic rings. The second-order valence-electron chi connectivity index (χ2n) is 4.49. The topological polar surface area (TPSA) is 26.0 Å². The minimum atomic E-state index is 0.436. The van der Waals surface area contributed by atoms with Crippen molar-refractivity contribution in [2.24, 2.45) is 11.7 Å². The quantitative estimate of drug-likeness (QED) is 0.760. The zero-order valence-corrected chi connectivity index (χ0v) is 9.03. The van der Waals surface area contributed by atoms with E-state index in [2.05, 4.69) is 38.1 Å². The fraction of sp³-hybridized carbons (Fsp3) is 0.538. The zero-order valence-electron chi connectivity index (χ0n) is 9.03. The molecule has 1 fully saturated rings. The molecule has 1 saturated carbocycles. The van der Waals surface area contributed by atoms with Crippen molar-refractivity contribution >= 4 is 0 Å². The highest BCUT2D eigenvalue weighted by molar-refractivity contribution is 5.27. The van der Waals surface area contributed by atoms with Gasteiger partial charge in [0.2, 0.25) is 0 Å².